The molecule has 0 aliphatic heterocycles. The van der Waals surface area contributed by atoms with E-state index in [0.29, 0.717) is 12.3 Å². The van der Waals surface area contributed by atoms with Crippen molar-refractivity contribution >= 4 is 27.8 Å². The zero-order chi connectivity index (χ0) is 14.5. The van der Waals surface area contributed by atoms with Gasteiger partial charge in [-0.25, -0.2) is 17.5 Å². The van der Waals surface area contributed by atoms with E-state index < -0.39 is 16.0 Å². The van der Waals surface area contributed by atoms with Crippen molar-refractivity contribution < 1.29 is 17.9 Å². The van der Waals surface area contributed by atoms with Gasteiger partial charge in [0.25, 0.3) is 0 Å². The van der Waals surface area contributed by atoms with Crippen molar-refractivity contribution in [2.45, 2.75) is 4.90 Å². The van der Waals surface area contributed by atoms with Gasteiger partial charge in [0, 0.05) is 19.3 Å². The van der Waals surface area contributed by atoms with Crippen LogP contribution in [0.1, 0.15) is 10.4 Å². The van der Waals surface area contributed by atoms with Gasteiger partial charge in [0.1, 0.15) is 0 Å². The number of esters is 1. The molecule has 106 valence electrons. The van der Waals surface area contributed by atoms with E-state index in [2.05, 4.69) is 4.74 Å². The summed E-state index contributed by atoms with van der Waals surface area (Å²) in [5, 5.41) is 0. The first-order chi connectivity index (χ1) is 8.95. The van der Waals surface area contributed by atoms with Gasteiger partial charge in [0.05, 0.1) is 17.6 Å². The van der Waals surface area contributed by atoms with Gasteiger partial charge in [-0.05, 0) is 18.4 Å². The molecule has 0 aliphatic carbocycles. The van der Waals surface area contributed by atoms with E-state index in [1.54, 1.807) is 23.9 Å². The minimum absolute atomic E-state index is 0.0227. The van der Waals surface area contributed by atoms with E-state index >= 15 is 0 Å². The molecule has 1 aromatic rings. The molecule has 0 saturated heterocycles. The minimum atomic E-state index is -3.68. The Morgan fingerprint density at radius 2 is 2.00 bits per heavy atom. The van der Waals surface area contributed by atoms with Gasteiger partial charge in [-0.1, -0.05) is 12.1 Å². The summed E-state index contributed by atoms with van der Waals surface area (Å²) in [6, 6.07) is 6.05. The Kier molecular flexibility index (Phi) is 5.84. The molecule has 0 unspecified atom stereocenters. The fourth-order valence-electron chi connectivity index (χ4n) is 1.48. The molecule has 0 fully saturated rings. The standard InChI is InChI=1S/C12H17NO4S2/c1-13(8-9-18-3)19(15,16)11-7-5-4-6-10(11)12(14)17-2/h4-7H,8-9H2,1-3H3. The SMILES string of the molecule is COC(=O)c1ccccc1S(=O)(=O)N(C)CCSC. The van der Waals surface area contributed by atoms with Crippen LogP contribution in [0.4, 0.5) is 0 Å². The molecular weight excluding hydrogens is 286 g/mol. The van der Waals surface area contributed by atoms with E-state index in [0.717, 1.165) is 0 Å². The van der Waals surface area contributed by atoms with E-state index in [1.165, 1.54) is 30.6 Å². The molecule has 0 bridgehead atoms. The number of hydrogen-bond donors (Lipinski definition) is 0. The van der Waals surface area contributed by atoms with Gasteiger partial charge >= 0.3 is 5.97 Å². The number of sulfonamides is 1. The van der Waals surface area contributed by atoms with Crippen LogP contribution in [0.25, 0.3) is 0 Å². The minimum Gasteiger partial charge on any atom is -0.465 e. The Hall–Kier alpha value is -1.05. The Balaban J connectivity index is 3.18. The lowest BCUT2D eigenvalue weighted by Crippen LogP contribution is -2.30. The largest absolute Gasteiger partial charge is 0.465 e. The van der Waals surface area contributed by atoms with Crippen LogP contribution in [-0.4, -0.2) is 51.4 Å². The molecule has 1 rings (SSSR count). The van der Waals surface area contributed by atoms with E-state index in [-0.39, 0.29) is 10.5 Å². The molecule has 0 amide bonds. The normalized spacial score (nSPS) is 11.6. The van der Waals surface area contributed by atoms with Crippen molar-refractivity contribution in [2.24, 2.45) is 0 Å². The number of nitrogens with zero attached hydrogens (tertiary/aromatic N) is 1. The van der Waals surface area contributed by atoms with Crippen molar-refractivity contribution in [2.75, 3.05) is 32.7 Å². The van der Waals surface area contributed by atoms with Gasteiger partial charge in [0.2, 0.25) is 10.0 Å². The molecule has 7 heteroatoms. The van der Waals surface area contributed by atoms with Crippen LogP contribution in [0.15, 0.2) is 29.2 Å². The highest BCUT2D eigenvalue weighted by molar-refractivity contribution is 7.98. The zero-order valence-corrected chi connectivity index (χ0v) is 12.8. The van der Waals surface area contributed by atoms with Gasteiger partial charge in [-0.2, -0.15) is 11.8 Å². The van der Waals surface area contributed by atoms with Crippen molar-refractivity contribution in [1.82, 2.24) is 4.31 Å². The fraction of sp³-hybridized carbons (Fsp3) is 0.417. The van der Waals surface area contributed by atoms with Crippen molar-refractivity contribution in [3.8, 4) is 0 Å². The second-order valence-electron chi connectivity index (χ2n) is 3.81. The van der Waals surface area contributed by atoms with Crippen LogP contribution in [0, 0.1) is 0 Å². The third-order valence-electron chi connectivity index (χ3n) is 2.59. The highest BCUT2D eigenvalue weighted by Crippen LogP contribution is 2.20. The summed E-state index contributed by atoms with van der Waals surface area (Å²) in [4.78, 5) is 11.6. The summed E-state index contributed by atoms with van der Waals surface area (Å²) < 4.78 is 30.6. The van der Waals surface area contributed by atoms with Crippen molar-refractivity contribution in [3.63, 3.8) is 0 Å². The Labute approximate surface area is 118 Å². The van der Waals surface area contributed by atoms with Crippen LogP contribution in [0.3, 0.4) is 0 Å². The lowest BCUT2D eigenvalue weighted by Gasteiger charge is -2.18. The molecule has 0 saturated carbocycles. The number of thioether (sulfide) groups is 1. The van der Waals surface area contributed by atoms with E-state index in [4.69, 9.17) is 0 Å². The van der Waals surface area contributed by atoms with E-state index in [9.17, 15) is 13.2 Å². The monoisotopic (exact) mass is 303 g/mol. The number of carbonyl (C=O) groups excluding carboxylic acids is 1. The molecule has 0 spiro atoms. The number of methoxy groups -OCH3 is 1. The lowest BCUT2D eigenvalue weighted by atomic mass is 10.2. The fourth-order valence-corrected chi connectivity index (χ4v) is 3.40. The first-order valence-corrected chi connectivity index (χ1v) is 8.41. The van der Waals surface area contributed by atoms with Crippen molar-refractivity contribution in [1.29, 1.82) is 0 Å². The van der Waals surface area contributed by atoms with Gasteiger partial charge < -0.3 is 4.74 Å². The second kappa shape index (κ2) is 6.93. The van der Waals surface area contributed by atoms with Gasteiger partial charge in [0.15, 0.2) is 0 Å². The third kappa shape index (κ3) is 3.71. The number of carbonyl (C=O) groups is 1. The molecule has 19 heavy (non-hydrogen) atoms. The summed E-state index contributed by atoms with van der Waals surface area (Å²) in [7, 11) is -0.953. The Bertz CT molecular complexity index is 542. The zero-order valence-electron chi connectivity index (χ0n) is 11.1. The number of benzene rings is 1. The van der Waals surface area contributed by atoms with Gasteiger partial charge in [-0.3, -0.25) is 0 Å². The first kappa shape index (κ1) is 16.0. The summed E-state index contributed by atoms with van der Waals surface area (Å²) in [5.74, 6) is 0.0354. The quantitative estimate of drug-likeness (QED) is 0.744. The molecule has 0 atom stereocenters. The Morgan fingerprint density at radius 3 is 2.58 bits per heavy atom. The molecule has 0 radical (unpaired) electrons. The number of hydrogen-bond acceptors (Lipinski definition) is 5. The maximum atomic E-state index is 12.4. The molecule has 1 aromatic carbocycles. The number of ether oxygens (including phenoxy) is 1. The van der Waals surface area contributed by atoms with Crippen molar-refractivity contribution in [3.05, 3.63) is 29.8 Å². The summed E-state index contributed by atoms with van der Waals surface area (Å²) in [5.41, 5.74) is 0.0565. The summed E-state index contributed by atoms with van der Waals surface area (Å²) in [6.07, 6.45) is 1.91. The van der Waals surface area contributed by atoms with Crippen LogP contribution in [-0.2, 0) is 14.8 Å². The third-order valence-corrected chi connectivity index (χ3v) is 5.10. The highest BCUT2D eigenvalue weighted by atomic mass is 32.2. The molecule has 0 heterocycles. The number of rotatable bonds is 6. The van der Waals surface area contributed by atoms with Gasteiger partial charge in [-0.15, -0.1) is 0 Å². The lowest BCUT2D eigenvalue weighted by molar-refractivity contribution is 0.0596. The molecule has 0 N–H and O–H groups in total. The van der Waals surface area contributed by atoms with Crippen LogP contribution < -0.4 is 0 Å². The average Bonchev–Trinajstić information content (AvgIpc) is 2.43. The molecule has 0 aliphatic rings. The molecule has 5 nitrogen and oxygen atoms in total. The maximum Gasteiger partial charge on any atom is 0.339 e. The predicted octanol–water partition coefficient (Wildman–Crippen LogP) is 1.46. The van der Waals surface area contributed by atoms with Crippen LogP contribution in [0.2, 0.25) is 0 Å². The maximum absolute atomic E-state index is 12.4. The average molecular weight is 303 g/mol. The molecular formula is C12H17NO4S2. The van der Waals surface area contributed by atoms with E-state index in [1.807, 2.05) is 6.26 Å². The Morgan fingerprint density at radius 1 is 1.37 bits per heavy atom. The summed E-state index contributed by atoms with van der Waals surface area (Å²) in [6.45, 7) is 0.388. The predicted molar refractivity (Wildman–Crippen MR) is 76.0 cm³/mol. The topological polar surface area (TPSA) is 63.7 Å². The smallest absolute Gasteiger partial charge is 0.339 e. The highest BCUT2D eigenvalue weighted by Gasteiger charge is 2.26. The van der Waals surface area contributed by atoms with Crippen LogP contribution in [0.5, 0.6) is 0 Å². The second-order valence-corrected chi connectivity index (χ2v) is 6.81. The molecule has 0 aromatic heterocycles. The summed E-state index contributed by atoms with van der Waals surface area (Å²) >= 11 is 1.56. The first-order valence-electron chi connectivity index (χ1n) is 5.57. The van der Waals surface area contributed by atoms with Crippen LogP contribution >= 0.6 is 11.8 Å².